The molecule has 15 heavy (non-hydrogen) atoms. The summed E-state index contributed by atoms with van der Waals surface area (Å²) in [7, 11) is 0. The van der Waals surface area contributed by atoms with Crippen LogP contribution < -0.4 is 0 Å². The fraction of sp³-hybridized carbons (Fsp3) is 0.923. The molecule has 1 aliphatic heterocycles. The minimum Gasteiger partial charge on any atom is -0.381 e. The Morgan fingerprint density at radius 1 is 1.27 bits per heavy atom. The second-order valence-corrected chi connectivity index (χ2v) is 5.07. The molecule has 0 bridgehead atoms. The molecule has 0 aromatic heterocycles. The van der Waals surface area contributed by atoms with Crippen molar-refractivity contribution in [3.05, 3.63) is 0 Å². The maximum absolute atomic E-state index is 11.9. The van der Waals surface area contributed by atoms with Crippen LogP contribution in [0.3, 0.4) is 0 Å². The molecule has 0 aromatic carbocycles. The average molecular weight is 210 g/mol. The van der Waals surface area contributed by atoms with E-state index in [2.05, 4.69) is 6.92 Å². The molecule has 0 aromatic rings. The van der Waals surface area contributed by atoms with Crippen LogP contribution in [-0.4, -0.2) is 19.0 Å². The topological polar surface area (TPSA) is 26.3 Å². The van der Waals surface area contributed by atoms with Crippen LogP contribution in [0.4, 0.5) is 0 Å². The lowest BCUT2D eigenvalue weighted by Crippen LogP contribution is -2.33. The number of hydrogen-bond acceptors (Lipinski definition) is 2. The van der Waals surface area contributed by atoms with E-state index < -0.39 is 0 Å². The zero-order valence-electron chi connectivity index (χ0n) is 9.71. The Kier molecular flexibility index (Phi) is 3.79. The van der Waals surface area contributed by atoms with E-state index in [0.717, 1.165) is 51.2 Å². The van der Waals surface area contributed by atoms with Gasteiger partial charge in [0, 0.05) is 25.6 Å². The van der Waals surface area contributed by atoms with Crippen molar-refractivity contribution >= 4 is 5.78 Å². The van der Waals surface area contributed by atoms with E-state index in [1.165, 1.54) is 6.42 Å². The van der Waals surface area contributed by atoms with Crippen LogP contribution in [0.5, 0.6) is 0 Å². The molecule has 1 aliphatic carbocycles. The smallest absolute Gasteiger partial charge is 0.136 e. The zero-order valence-corrected chi connectivity index (χ0v) is 9.71. The summed E-state index contributed by atoms with van der Waals surface area (Å²) >= 11 is 0. The lowest BCUT2D eigenvalue weighted by molar-refractivity contribution is -0.129. The average Bonchev–Trinajstić information content (AvgIpc) is 2.31. The van der Waals surface area contributed by atoms with Gasteiger partial charge >= 0.3 is 0 Å². The van der Waals surface area contributed by atoms with Crippen molar-refractivity contribution in [3.63, 3.8) is 0 Å². The second-order valence-electron chi connectivity index (χ2n) is 5.07. The number of hydrogen-bond donors (Lipinski definition) is 0. The SMILES string of the molecule is CCC1CCC(=O)C(C2CCOCC2)C1. The summed E-state index contributed by atoms with van der Waals surface area (Å²) in [5.74, 6) is 2.33. The van der Waals surface area contributed by atoms with E-state index >= 15 is 0 Å². The zero-order chi connectivity index (χ0) is 10.7. The number of Topliss-reactive ketones (excluding diaryl/α,β-unsaturated/α-hetero) is 1. The summed E-state index contributed by atoms with van der Waals surface area (Å²) in [5.41, 5.74) is 0. The first-order valence-corrected chi connectivity index (χ1v) is 6.41. The number of carbonyl (C=O) groups is 1. The molecule has 2 fully saturated rings. The molecule has 1 saturated heterocycles. The Morgan fingerprint density at radius 2 is 2.00 bits per heavy atom. The summed E-state index contributed by atoms with van der Waals surface area (Å²) in [6, 6.07) is 0. The highest BCUT2D eigenvalue weighted by Crippen LogP contribution is 2.36. The van der Waals surface area contributed by atoms with Crippen molar-refractivity contribution in [2.75, 3.05) is 13.2 Å². The van der Waals surface area contributed by atoms with Gasteiger partial charge in [0.05, 0.1) is 0 Å². The third-order valence-corrected chi connectivity index (χ3v) is 4.21. The highest BCUT2D eigenvalue weighted by molar-refractivity contribution is 5.82. The molecular formula is C13H22O2. The quantitative estimate of drug-likeness (QED) is 0.700. The first-order valence-electron chi connectivity index (χ1n) is 6.41. The number of rotatable bonds is 2. The summed E-state index contributed by atoms with van der Waals surface area (Å²) < 4.78 is 5.37. The normalized spacial score (nSPS) is 34.3. The Bertz CT molecular complexity index is 219. The third-order valence-electron chi connectivity index (χ3n) is 4.21. The van der Waals surface area contributed by atoms with E-state index in [0.29, 0.717) is 17.6 Å². The highest BCUT2D eigenvalue weighted by atomic mass is 16.5. The number of ketones is 1. The Balaban J connectivity index is 1.95. The van der Waals surface area contributed by atoms with Crippen molar-refractivity contribution < 1.29 is 9.53 Å². The molecule has 2 nitrogen and oxygen atoms in total. The molecule has 2 heteroatoms. The fourth-order valence-electron chi connectivity index (χ4n) is 3.08. The Morgan fingerprint density at radius 3 is 2.67 bits per heavy atom. The fourth-order valence-corrected chi connectivity index (χ4v) is 3.08. The van der Waals surface area contributed by atoms with Gasteiger partial charge in [-0.3, -0.25) is 4.79 Å². The molecule has 1 heterocycles. The van der Waals surface area contributed by atoms with Crippen LogP contribution in [0.25, 0.3) is 0 Å². The second kappa shape index (κ2) is 5.11. The minimum atomic E-state index is 0.368. The van der Waals surface area contributed by atoms with Gasteiger partial charge < -0.3 is 4.74 Å². The van der Waals surface area contributed by atoms with Crippen LogP contribution in [0.15, 0.2) is 0 Å². The summed E-state index contributed by atoms with van der Waals surface area (Å²) in [6.45, 7) is 3.98. The van der Waals surface area contributed by atoms with E-state index in [9.17, 15) is 4.79 Å². The van der Waals surface area contributed by atoms with Crippen molar-refractivity contribution in [1.29, 1.82) is 0 Å². The lowest BCUT2D eigenvalue weighted by atomic mass is 9.71. The number of carbonyl (C=O) groups excluding carboxylic acids is 1. The van der Waals surface area contributed by atoms with Crippen LogP contribution in [0.2, 0.25) is 0 Å². The predicted molar refractivity (Wildman–Crippen MR) is 59.7 cm³/mol. The molecule has 2 rings (SSSR count). The number of ether oxygens (including phenoxy) is 1. The monoisotopic (exact) mass is 210 g/mol. The third kappa shape index (κ3) is 2.60. The van der Waals surface area contributed by atoms with Gasteiger partial charge in [0.25, 0.3) is 0 Å². The first-order chi connectivity index (χ1) is 7.31. The molecule has 2 unspecified atom stereocenters. The highest BCUT2D eigenvalue weighted by Gasteiger charge is 2.34. The van der Waals surface area contributed by atoms with E-state index in [-0.39, 0.29) is 0 Å². The van der Waals surface area contributed by atoms with Crippen molar-refractivity contribution in [2.45, 2.75) is 45.4 Å². The molecule has 1 saturated carbocycles. The van der Waals surface area contributed by atoms with E-state index in [1.807, 2.05) is 0 Å². The minimum absolute atomic E-state index is 0.368. The summed E-state index contributed by atoms with van der Waals surface area (Å²) in [5, 5.41) is 0. The van der Waals surface area contributed by atoms with Gasteiger partial charge in [-0.1, -0.05) is 13.3 Å². The van der Waals surface area contributed by atoms with Crippen LogP contribution in [0, 0.1) is 17.8 Å². The van der Waals surface area contributed by atoms with Crippen LogP contribution >= 0.6 is 0 Å². The molecule has 2 atom stereocenters. The molecular weight excluding hydrogens is 188 g/mol. The van der Waals surface area contributed by atoms with E-state index in [1.54, 1.807) is 0 Å². The maximum Gasteiger partial charge on any atom is 0.136 e. The van der Waals surface area contributed by atoms with Crippen LogP contribution in [0.1, 0.15) is 45.4 Å². The maximum atomic E-state index is 11.9. The van der Waals surface area contributed by atoms with Crippen molar-refractivity contribution in [2.24, 2.45) is 17.8 Å². The molecule has 0 radical (unpaired) electrons. The Hall–Kier alpha value is -0.370. The van der Waals surface area contributed by atoms with E-state index in [4.69, 9.17) is 4.74 Å². The molecule has 0 N–H and O–H groups in total. The molecule has 0 spiro atoms. The van der Waals surface area contributed by atoms with Gasteiger partial charge in [-0.15, -0.1) is 0 Å². The van der Waals surface area contributed by atoms with Gasteiger partial charge in [-0.25, -0.2) is 0 Å². The predicted octanol–water partition coefficient (Wildman–Crippen LogP) is 2.81. The van der Waals surface area contributed by atoms with Crippen molar-refractivity contribution in [3.8, 4) is 0 Å². The molecule has 86 valence electrons. The van der Waals surface area contributed by atoms with Gasteiger partial charge in [0.15, 0.2) is 0 Å². The van der Waals surface area contributed by atoms with Gasteiger partial charge in [0.1, 0.15) is 5.78 Å². The molecule has 0 amide bonds. The van der Waals surface area contributed by atoms with Gasteiger partial charge in [-0.05, 0) is 37.5 Å². The lowest BCUT2D eigenvalue weighted by Gasteiger charge is -2.35. The van der Waals surface area contributed by atoms with Crippen molar-refractivity contribution in [1.82, 2.24) is 0 Å². The Labute approximate surface area is 92.4 Å². The van der Waals surface area contributed by atoms with Gasteiger partial charge in [-0.2, -0.15) is 0 Å². The first kappa shape index (κ1) is 11.1. The summed E-state index contributed by atoms with van der Waals surface area (Å²) in [4.78, 5) is 11.9. The van der Waals surface area contributed by atoms with Crippen LogP contribution in [-0.2, 0) is 9.53 Å². The standard InChI is InChI=1S/C13H22O2/c1-2-10-3-4-13(14)12(9-10)11-5-7-15-8-6-11/h10-12H,2-9H2,1H3. The van der Waals surface area contributed by atoms with Gasteiger partial charge in [0.2, 0.25) is 0 Å². The largest absolute Gasteiger partial charge is 0.381 e. The molecule has 2 aliphatic rings. The summed E-state index contributed by atoms with van der Waals surface area (Å²) in [6.07, 6.45) is 6.57.